The van der Waals surface area contributed by atoms with Crippen LogP contribution in [0.1, 0.15) is 37.0 Å². The van der Waals surface area contributed by atoms with E-state index in [1.807, 2.05) is 13.8 Å². The molecule has 0 fully saturated rings. The first-order valence-corrected chi connectivity index (χ1v) is 7.56. The molecule has 1 N–H and O–H groups in total. The molecule has 5 nitrogen and oxygen atoms in total. The molecule has 0 unspecified atom stereocenters. The number of carboxylic acids is 1. The fraction of sp³-hybridized carbons (Fsp3) is 0.462. The lowest BCUT2D eigenvalue weighted by Gasteiger charge is -2.24. The third-order valence-electron chi connectivity index (χ3n) is 3.10. The molecule has 106 valence electrons. The number of hydrogen-bond donors (Lipinski definition) is 1. The maximum absolute atomic E-state index is 12.4. The standard InChI is InChI=1S/C13H19NO4S/c1-4-7-10(2)14(3)19(17,18)12-9-6-5-8-11(12)13(15)16/h5-6,8-10H,4,7H2,1-3H3,(H,15,16)/t10-/m0/s1. The van der Waals surface area contributed by atoms with Crippen LogP contribution in [0.2, 0.25) is 0 Å². The lowest BCUT2D eigenvalue weighted by atomic mass is 10.2. The molecule has 19 heavy (non-hydrogen) atoms. The summed E-state index contributed by atoms with van der Waals surface area (Å²) in [6, 6.07) is 5.49. The summed E-state index contributed by atoms with van der Waals surface area (Å²) < 4.78 is 26.1. The summed E-state index contributed by atoms with van der Waals surface area (Å²) in [5.74, 6) is -1.24. The fourth-order valence-electron chi connectivity index (χ4n) is 1.86. The second kappa shape index (κ2) is 6.16. The molecule has 0 aliphatic carbocycles. The molecular formula is C13H19NO4S. The quantitative estimate of drug-likeness (QED) is 0.869. The number of carbonyl (C=O) groups is 1. The molecule has 0 saturated carbocycles. The van der Waals surface area contributed by atoms with Crippen molar-refractivity contribution in [2.24, 2.45) is 0 Å². The van der Waals surface area contributed by atoms with Crippen LogP contribution in [0.4, 0.5) is 0 Å². The molecule has 0 aliphatic rings. The van der Waals surface area contributed by atoms with Crippen molar-refractivity contribution in [3.63, 3.8) is 0 Å². The molecule has 6 heteroatoms. The minimum absolute atomic E-state index is 0.159. The van der Waals surface area contributed by atoms with Gasteiger partial charge in [-0.2, -0.15) is 4.31 Å². The number of nitrogens with zero attached hydrogens (tertiary/aromatic N) is 1. The molecule has 0 aliphatic heterocycles. The largest absolute Gasteiger partial charge is 0.478 e. The Labute approximate surface area is 113 Å². The van der Waals surface area contributed by atoms with Gasteiger partial charge in [-0.25, -0.2) is 13.2 Å². The van der Waals surface area contributed by atoms with Gasteiger partial charge in [0.1, 0.15) is 0 Å². The maximum Gasteiger partial charge on any atom is 0.337 e. The number of sulfonamides is 1. The molecule has 0 spiro atoms. The topological polar surface area (TPSA) is 74.7 Å². The Kier molecular flexibility index (Phi) is 5.08. The van der Waals surface area contributed by atoms with Gasteiger partial charge in [-0.05, 0) is 25.5 Å². The molecule has 0 bridgehead atoms. The summed E-state index contributed by atoms with van der Waals surface area (Å²) in [4.78, 5) is 10.9. The monoisotopic (exact) mass is 285 g/mol. The zero-order valence-electron chi connectivity index (χ0n) is 11.3. The summed E-state index contributed by atoms with van der Waals surface area (Å²) in [5, 5.41) is 9.07. The van der Waals surface area contributed by atoms with Gasteiger partial charge in [0.2, 0.25) is 10.0 Å². The smallest absolute Gasteiger partial charge is 0.337 e. The Bertz CT molecular complexity index is 554. The van der Waals surface area contributed by atoms with E-state index >= 15 is 0 Å². The molecule has 1 atom stereocenters. The predicted octanol–water partition coefficient (Wildman–Crippen LogP) is 2.19. The van der Waals surface area contributed by atoms with Crippen LogP contribution in [0.5, 0.6) is 0 Å². The third kappa shape index (κ3) is 3.33. The van der Waals surface area contributed by atoms with Crippen molar-refractivity contribution >= 4 is 16.0 Å². The number of hydrogen-bond acceptors (Lipinski definition) is 3. The predicted molar refractivity (Wildman–Crippen MR) is 72.7 cm³/mol. The van der Waals surface area contributed by atoms with Crippen LogP contribution in [-0.4, -0.2) is 36.9 Å². The summed E-state index contributed by atoms with van der Waals surface area (Å²) >= 11 is 0. The van der Waals surface area contributed by atoms with Crippen LogP contribution in [0.25, 0.3) is 0 Å². The van der Waals surface area contributed by atoms with E-state index in [4.69, 9.17) is 5.11 Å². The summed E-state index contributed by atoms with van der Waals surface area (Å²) in [6.45, 7) is 3.78. The first-order chi connectivity index (χ1) is 8.82. The van der Waals surface area contributed by atoms with Gasteiger partial charge in [0.25, 0.3) is 0 Å². The van der Waals surface area contributed by atoms with Crippen molar-refractivity contribution in [1.82, 2.24) is 4.31 Å². The van der Waals surface area contributed by atoms with Crippen molar-refractivity contribution in [2.75, 3.05) is 7.05 Å². The minimum atomic E-state index is -3.78. The third-order valence-corrected chi connectivity index (χ3v) is 5.13. The van der Waals surface area contributed by atoms with E-state index in [1.165, 1.54) is 35.6 Å². The van der Waals surface area contributed by atoms with Gasteiger partial charge in [0.15, 0.2) is 0 Å². The van der Waals surface area contributed by atoms with E-state index in [0.717, 1.165) is 12.8 Å². The van der Waals surface area contributed by atoms with E-state index in [-0.39, 0.29) is 16.5 Å². The molecule has 0 saturated heterocycles. The number of carboxylic acid groups (broad SMARTS) is 1. The molecular weight excluding hydrogens is 266 g/mol. The highest BCUT2D eigenvalue weighted by Crippen LogP contribution is 2.22. The van der Waals surface area contributed by atoms with Crippen LogP contribution in [0.3, 0.4) is 0 Å². The normalized spacial score (nSPS) is 13.5. The van der Waals surface area contributed by atoms with Crippen LogP contribution in [0, 0.1) is 0 Å². The summed E-state index contributed by atoms with van der Waals surface area (Å²) in [5.41, 5.74) is -0.196. The zero-order valence-corrected chi connectivity index (χ0v) is 12.1. The van der Waals surface area contributed by atoms with E-state index in [1.54, 1.807) is 0 Å². The SMILES string of the molecule is CCC[C@H](C)N(C)S(=O)(=O)c1ccccc1C(=O)O. The molecule has 0 amide bonds. The first-order valence-electron chi connectivity index (χ1n) is 6.12. The van der Waals surface area contributed by atoms with Crippen molar-refractivity contribution in [3.05, 3.63) is 29.8 Å². The first kappa shape index (κ1) is 15.7. The average Bonchev–Trinajstić information content (AvgIpc) is 2.38. The van der Waals surface area contributed by atoms with Crippen molar-refractivity contribution in [1.29, 1.82) is 0 Å². The van der Waals surface area contributed by atoms with Crippen molar-refractivity contribution in [2.45, 2.75) is 37.6 Å². The fourth-order valence-corrected chi connectivity index (χ4v) is 3.43. The van der Waals surface area contributed by atoms with Gasteiger partial charge in [-0.3, -0.25) is 0 Å². The molecule has 1 aromatic rings. The molecule has 0 heterocycles. The van der Waals surface area contributed by atoms with Gasteiger partial charge >= 0.3 is 5.97 Å². The second-order valence-corrected chi connectivity index (χ2v) is 6.43. The van der Waals surface area contributed by atoms with Gasteiger partial charge in [0.05, 0.1) is 10.5 Å². The Hall–Kier alpha value is -1.40. The maximum atomic E-state index is 12.4. The Morgan fingerprint density at radius 2 is 1.95 bits per heavy atom. The summed E-state index contributed by atoms with van der Waals surface area (Å²) in [6.07, 6.45) is 1.59. The van der Waals surface area contributed by atoms with Crippen LogP contribution >= 0.6 is 0 Å². The molecule has 0 radical (unpaired) electrons. The number of benzene rings is 1. The van der Waals surface area contributed by atoms with Crippen LogP contribution < -0.4 is 0 Å². The number of rotatable bonds is 6. The van der Waals surface area contributed by atoms with E-state index in [9.17, 15) is 13.2 Å². The van der Waals surface area contributed by atoms with Gasteiger partial charge in [0, 0.05) is 13.1 Å². The van der Waals surface area contributed by atoms with Gasteiger partial charge in [-0.1, -0.05) is 25.5 Å². The zero-order chi connectivity index (χ0) is 14.6. The highest BCUT2D eigenvalue weighted by molar-refractivity contribution is 7.89. The summed E-state index contributed by atoms with van der Waals surface area (Å²) in [7, 11) is -2.30. The Balaban J connectivity index is 3.24. The second-order valence-electron chi connectivity index (χ2n) is 4.46. The highest BCUT2D eigenvalue weighted by Gasteiger charge is 2.28. The van der Waals surface area contributed by atoms with E-state index in [0.29, 0.717) is 0 Å². The van der Waals surface area contributed by atoms with Gasteiger partial charge < -0.3 is 5.11 Å². The highest BCUT2D eigenvalue weighted by atomic mass is 32.2. The Morgan fingerprint density at radius 1 is 1.37 bits per heavy atom. The minimum Gasteiger partial charge on any atom is -0.478 e. The molecule has 1 aromatic carbocycles. The lowest BCUT2D eigenvalue weighted by Crippen LogP contribution is -2.35. The molecule has 0 aromatic heterocycles. The van der Waals surface area contributed by atoms with Crippen molar-refractivity contribution in [3.8, 4) is 0 Å². The van der Waals surface area contributed by atoms with E-state index in [2.05, 4.69) is 0 Å². The van der Waals surface area contributed by atoms with Crippen molar-refractivity contribution < 1.29 is 18.3 Å². The van der Waals surface area contributed by atoms with Crippen LogP contribution in [-0.2, 0) is 10.0 Å². The molecule has 1 rings (SSSR count). The van der Waals surface area contributed by atoms with Gasteiger partial charge in [-0.15, -0.1) is 0 Å². The Morgan fingerprint density at radius 3 is 2.47 bits per heavy atom. The average molecular weight is 285 g/mol. The van der Waals surface area contributed by atoms with E-state index < -0.39 is 16.0 Å². The lowest BCUT2D eigenvalue weighted by molar-refractivity contribution is 0.0692. The van der Waals surface area contributed by atoms with Crippen LogP contribution in [0.15, 0.2) is 29.2 Å². The number of aromatic carboxylic acids is 1.